The third-order valence-electron chi connectivity index (χ3n) is 2.28. The number of aromatic nitrogens is 1. The molecular weight excluding hydrogens is 394 g/mol. The SMILES string of the molecule is Cc1cc(C(=O)N/N=C/c2cc(Br)c(O)c(Br)c2)no1. The first-order chi connectivity index (χ1) is 9.47. The first kappa shape index (κ1) is 14.7. The Morgan fingerprint density at radius 1 is 1.40 bits per heavy atom. The Morgan fingerprint density at radius 3 is 2.60 bits per heavy atom. The Bertz CT molecular complexity index is 659. The van der Waals surface area contributed by atoms with Gasteiger partial charge in [-0.15, -0.1) is 0 Å². The highest BCUT2D eigenvalue weighted by molar-refractivity contribution is 9.11. The number of benzene rings is 1. The fourth-order valence-electron chi connectivity index (χ4n) is 1.36. The molecule has 0 bridgehead atoms. The van der Waals surface area contributed by atoms with Gasteiger partial charge in [0.1, 0.15) is 11.5 Å². The van der Waals surface area contributed by atoms with Gasteiger partial charge >= 0.3 is 0 Å². The summed E-state index contributed by atoms with van der Waals surface area (Å²) in [5.74, 6) is 0.185. The van der Waals surface area contributed by atoms with E-state index in [2.05, 4.69) is 47.5 Å². The normalized spacial score (nSPS) is 10.9. The number of aryl methyl sites for hydroxylation is 1. The van der Waals surface area contributed by atoms with Crippen molar-refractivity contribution in [3.05, 3.63) is 44.2 Å². The predicted molar refractivity (Wildman–Crippen MR) is 79.8 cm³/mol. The highest BCUT2D eigenvalue weighted by Crippen LogP contribution is 2.32. The van der Waals surface area contributed by atoms with Crippen LogP contribution in [0.3, 0.4) is 0 Å². The first-order valence-corrected chi connectivity index (χ1v) is 7.00. The lowest BCUT2D eigenvalue weighted by atomic mass is 10.2. The number of hydrogen-bond acceptors (Lipinski definition) is 5. The second-order valence-corrected chi connectivity index (χ2v) is 5.56. The monoisotopic (exact) mass is 401 g/mol. The second-order valence-electron chi connectivity index (χ2n) is 3.86. The molecule has 2 aromatic rings. The quantitative estimate of drug-likeness (QED) is 0.610. The second kappa shape index (κ2) is 6.19. The van der Waals surface area contributed by atoms with Crippen molar-refractivity contribution in [2.75, 3.05) is 0 Å². The van der Waals surface area contributed by atoms with Crippen LogP contribution in [0.15, 0.2) is 36.8 Å². The number of hydrogen-bond donors (Lipinski definition) is 2. The molecule has 0 radical (unpaired) electrons. The average Bonchev–Trinajstić information content (AvgIpc) is 2.82. The van der Waals surface area contributed by atoms with Gasteiger partial charge in [0, 0.05) is 6.07 Å². The van der Waals surface area contributed by atoms with E-state index in [4.69, 9.17) is 4.52 Å². The van der Waals surface area contributed by atoms with E-state index in [1.165, 1.54) is 12.3 Å². The lowest BCUT2D eigenvalue weighted by Crippen LogP contribution is -2.17. The summed E-state index contributed by atoms with van der Waals surface area (Å²) in [7, 11) is 0. The summed E-state index contributed by atoms with van der Waals surface area (Å²) in [6.07, 6.45) is 1.44. The number of halogens is 2. The Labute approximate surface area is 131 Å². The van der Waals surface area contributed by atoms with Crippen molar-refractivity contribution >= 4 is 44.0 Å². The topological polar surface area (TPSA) is 87.7 Å². The maximum absolute atomic E-state index is 11.6. The van der Waals surface area contributed by atoms with Gasteiger partial charge in [0.05, 0.1) is 15.2 Å². The molecule has 6 nitrogen and oxygen atoms in total. The van der Waals surface area contributed by atoms with E-state index < -0.39 is 5.91 Å². The molecule has 0 fully saturated rings. The minimum Gasteiger partial charge on any atom is -0.506 e. The lowest BCUT2D eigenvalue weighted by molar-refractivity contribution is 0.0946. The molecule has 0 saturated heterocycles. The highest BCUT2D eigenvalue weighted by Gasteiger charge is 2.09. The number of phenols is 1. The van der Waals surface area contributed by atoms with Gasteiger partial charge in [0.15, 0.2) is 5.69 Å². The Morgan fingerprint density at radius 2 is 2.05 bits per heavy atom. The van der Waals surface area contributed by atoms with Gasteiger partial charge in [-0.2, -0.15) is 5.10 Å². The summed E-state index contributed by atoms with van der Waals surface area (Å²) in [5, 5.41) is 17.0. The number of carbonyl (C=O) groups is 1. The van der Waals surface area contributed by atoms with Crippen molar-refractivity contribution < 1.29 is 14.4 Å². The zero-order valence-electron chi connectivity index (χ0n) is 10.2. The van der Waals surface area contributed by atoms with Crippen molar-refractivity contribution in [2.45, 2.75) is 6.92 Å². The molecule has 2 rings (SSSR count). The highest BCUT2D eigenvalue weighted by atomic mass is 79.9. The first-order valence-electron chi connectivity index (χ1n) is 5.42. The van der Waals surface area contributed by atoms with E-state index in [0.29, 0.717) is 20.3 Å². The standard InChI is InChI=1S/C12H9Br2N3O3/c1-6-2-10(17-20-6)12(19)16-15-5-7-3-8(13)11(18)9(14)4-7/h2-5,18H,1H3,(H,16,19)/b15-5+. The fourth-order valence-corrected chi connectivity index (χ4v) is 2.58. The van der Waals surface area contributed by atoms with Crippen molar-refractivity contribution in [3.8, 4) is 5.75 Å². The van der Waals surface area contributed by atoms with Gasteiger partial charge in [0.2, 0.25) is 0 Å². The van der Waals surface area contributed by atoms with Crippen LogP contribution in [-0.2, 0) is 0 Å². The summed E-state index contributed by atoms with van der Waals surface area (Å²) < 4.78 is 5.83. The van der Waals surface area contributed by atoms with Crippen LogP contribution in [-0.4, -0.2) is 22.4 Å². The smallest absolute Gasteiger partial charge is 0.293 e. The molecule has 1 amide bonds. The zero-order chi connectivity index (χ0) is 14.7. The summed E-state index contributed by atoms with van der Waals surface area (Å²) in [5.41, 5.74) is 3.18. The molecule has 1 heterocycles. The van der Waals surface area contributed by atoms with E-state index in [1.807, 2.05) is 0 Å². The van der Waals surface area contributed by atoms with Crippen LogP contribution < -0.4 is 5.43 Å². The molecule has 0 spiro atoms. The molecule has 20 heavy (non-hydrogen) atoms. The maximum atomic E-state index is 11.6. The molecule has 2 N–H and O–H groups in total. The average molecular weight is 403 g/mol. The van der Waals surface area contributed by atoms with Gasteiger partial charge in [-0.1, -0.05) is 5.16 Å². The lowest BCUT2D eigenvalue weighted by Gasteiger charge is -2.01. The summed E-state index contributed by atoms with van der Waals surface area (Å²) in [6, 6.07) is 4.84. The van der Waals surface area contributed by atoms with Gasteiger partial charge in [-0.3, -0.25) is 4.79 Å². The zero-order valence-corrected chi connectivity index (χ0v) is 13.4. The number of aromatic hydroxyl groups is 1. The van der Waals surface area contributed by atoms with Crippen molar-refractivity contribution in [1.29, 1.82) is 0 Å². The van der Waals surface area contributed by atoms with Gasteiger partial charge in [0.25, 0.3) is 5.91 Å². The Kier molecular flexibility index (Phi) is 4.56. The number of nitrogens with zero attached hydrogens (tertiary/aromatic N) is 2. The van der Waals surface area contributed by atoms with Gasteiger partial charge < -0.3 is 9.63 Å². The van der Waals surface area contributed by atoms with Crippen LogP contribution in [0, 0.1) is 6.92 Å². The summed E-state index contributed by atoms with van der Waals surface area (Å²) in [6.45, 7) is 1.69. The largest absolute Gasteiger partial charge is 0.506 e. The van der Waals surface area contributed by atoms with Crippen LogP contribution in [0.2, 0.25) is 0 Å². The van der Waals surface area contributed by atoms with E-state index >= 15 is 0 Å². The molecule has 0 atom stereocenters. The van der Waals surface area contributed by atoms with Crippen molar-refractivity contribution in [3.63, 3.8) is 0 Å². The van der Waals surface area contributed by atoms with E-state index in [9.17, 15) is 9.90 Å². The summed E-state index contributed by atoms with van der Waals surface area (Å²) >= 11 is 6.41. The molecule has 0 saturated carbocycles. The van der Waals surface area contributed by atoms with Crippen molar-refractivity contribution in [1.82, 2.24) is 10.6 Å². The van der Waals surface area contributed by atoms with Gasteiger partial charge in [-0.25, -0.2) is 5.43 Å². The summed E-state index contributed by atoms with van der Waals surface area (Å²) in [4.78, 5) is 11.6. The number of rotatable bonds is 3. The van der Waals surface area contributed by atoms with Crippen LogP contribution in [0.25, 0.3) is 0 Å². The molecule has 1 aromatic heterocycles. The minimum absolute atomic E-state index is 0.101. The number of carbonyl (C=O) groups excluding carboxylic acids is 1. The number of amides is 1. The Balaban J connectivity index is 2.05. The predicted octanol–water partition coefficient (Wildman–Crippen LogP) is 2.98. The van der Waals surface area contributed by atoms with E-state index in [-0.39, 0.29) is 11.4 Å². The fraction of sp³-hybridized carbons (Fsp3) is 0.0833. The molecule has 0 aliphatic heterocycles. The van der Waals surface area contributed by atoms with Gasteiger partial charge in [-0.05, 0) is 56.5 Å². The van der Waals surface area contributed by atoms with Crippen molar-refractivity contribution in [2.24, 2.45) is 5.10 Å². The van der Waals surface area contributed by atoms with E-state index in [1.54, 1.807) is 19.1 Å². The third-order valence-corrected chi connectivity index (χ3v) is 3.49. The van der Waals surface area contributed by atoms with Crippen LogP contribution in [0.5, 0.6) is 5.75 Å². The molecule has 8 heteroatoms. The molecule has 0 aliphatic rings. The number of nitrogens with one attached hydrogen (secondary N) is 1. The molecule has 0 aliphatic carbocycles. The van der Waals surface area contributed by atoms with Crippen LogP contribution in [0.1, 0.15) is 21.8 Å². The molecule has 1 aromatic carbocycles. The number of hydrazone groups is 1. The molecule has 104 valence electrons. The molecular formula is C12H9Br2N3O3. The van der Waals surface area contributed by atoms with Crippen LogP contribution in [0.4, 0.5) is 0 Å². The number of phenolic OH excluding ortho intramolecular Hbond substituents is 1. The van der Waals surface area contributed by atoms with Crippen LogP contribution >= 0.6 is 31.9 Å². The maximum Gasteiger partial charge on any atom is 0.293 e. The minimum atomic E-state index is -0.463. The Hall–Kier alpha value is -1.67. The van der Waals surface area contributed by atoms with E-state index in [0.717, 1.165) is 0 Å². The third kappa shape index (κ3) is 3.45. The molecule has 0 unspecified atom stereocenters.